The Morgan fingerprint density at radius 2 is 1.73 bits per heavy atom. The van der Waals surface area contributed by atoms with E-state index in [-0.39, 0.29) is 25.4 Å². The number of phenols is 3. The normalized spacial score (nSPS) is 11.9. The molecule has 5 nitrogen and oxygen atoms in total. The lowest BCUT2D eigenvalue weighted by molar-refractivity contribution is 0.274. The second-order valence-corrected chi connectivity index (χ2v) is 2.99. The zero-order chi connectivity index (χ0) is 10.7. The molecular formula is C9H14ClNO4. The van der Waals surface area contributed by atoms with E-state index in [2.05, 4.69) is 0 Å². The lowest BCUT2D eigenvalue weighted by Gasteiger charge is -2.13. The van der Waals surface area contributed by atoms with Crippen molar-refractivity contribution in [3.8, 4) is 17.2 Å². The zero-order valence-electron chi connectivity index (χ0n) is 7.92. The van der Waals surface area contributed by atoms with Crippen LogP contribution in [-0.2, 0) is 0 Å². The summed E-state index contributed by atoms with van der Waals surface area (Å²) in [7, 11) is 0. The Morgan fingerprint density at radius 3 is 2.27 bits per heavy atom. The van der Waals surface area contributed by atoms with Crippen molar-refractivity contribution in [2.24, 2.45) is 5.73 Å². The minimum absolute atomic E-state index is 0. The van der Waals surface area contributed by atoms with E-state index in [0.717, 1.165) is 0 Å². The minimum Gasteiger partial charge on any atom is -0.504 e. The lowest BCUT2D eigenvalue weighted by Crippen LogP contribution is -2.11. The summed E-state index contributed by atoms with van der Waals surface area (Å²) >= 11 is 0. The fourth-order valence-corrected chi connectivity index (χ4v) is 1.18. The molecule has 0 amide bonds. The maximum Gasteiger partial charge on any atom is 0.200 e. The van der Waals surface area contributed by atoms with Gasteiger partial charge in [-0.25, -0.2) is 0 Å². The van der Waals surface area contributed by atoms with E-state index in [9.17, 15) is 10.2 Å². The molecule has 15 heavy (non-hydrogen) atoms. The molecule has 0 saturated carbocycles. The Hall–Kier alpha value is -1.17. The molecule has 0 heterocycles. The van der Waals surface area contributed by atoms with Crippen LogP contribution in [0.4, 0.5) is 0 Å². The SMILES string of the molecule is Cl.NC(CCO)c1ccc(O)c(O)c1O. The van der Waals surface area contributed by atoms with Crippen LogP contribution in [-0.4, -0.2) is 27.0 Å². The highest BCUT2D eigenvalue weighted by molar-refractivity contribution is 5.85. The molecule has 1 aromatic carbocycles. The van der Waals surface area contributed by atoms with Crippen molar-refractivity contribution < 1.29 is 20.4 Å². The average molecular weight is 236 g/mol. The van der Waals surface area contributed by atoms with Crippen molar-refractivity contribution >= 4 is 12.4 Å². The number of aliphatic hydroxyl groups is 1. The number of halogens is 1. The smallest absolute Gasteiger partial charge is 0.200 e. The first-order valence-electron chi connectivity index (χ1n) is 4.18. The summed E-state index contributed by atoms with van der Waals surface area (Å²) in [5.74, 6) is -1.43. The largest absolute Gasteiger partial charge is 0.504 e. The zero-order valence-corrected chi connectivity index (χ0v) is 8.74. The second kappa shape index (κ2) is 5.65. The maximum absolute atomic E-state index is 9.40. The van der Waals surface area contributed by atoms with E-state index in [1.807, 2.05) is 0 Å². The molecule has 0 aliphatic rings. The van der Waals surface area contributed by atoms with Gasteiger partial charge in [-0.05, 0) is 18.6 Å². The molecule has 0 bridgehead atoms. The predicted octanol–water partition coefficient (Wildman–Crippen LogP) is 0.607. The van der Waals surface area contributed by atoms with Crippen molar-refractivity contribution in [1.29, 1.82) is 0 Å². The van der Waals surface area contributed by atoms with Crippen LogP contribution < -0.4 is 5.73 Å². The Morgan fingerprint density at radius 1 is 1.13 bits per heavy atom. The van der Waals surface area contributed by atoms with E-state index in [0.29, 0.717) is 5.56 Å². The van der Waals surface area contributed by atoms with Gasteiger partial charge in [0, 0.05) is 18.2 Å². The topological polar surface area (TPSA) is 107 Å². The first-order valence-corrected chi connectivity index (χ1v) is 4.18. The van der Waals surface area contributed by atoms with E-state index >= 15 is 0 Å². The lowest BCUT2D eigenvalue weighted by atomic mass is 10.0. The molecular weight excluding hydrogens is 222 g/mol. The number of hydrogen-bond donors (Lipinski definition) is 5. The van der Waals surface area contributed by atoms with Gasteiger partial charge in [0.05, 0.1) is 0 Å². The molecule has 0 fully saturated rings. The summed E-state index contributed by atoms with van der Waals surface area (Å²) in [6.07, 6.45) is 0.276. The molecule has 1 rings (SSSR count). The third kappa shape index (κ3) is 2.89. The molecule has 0 radical (unpaired) electrons. The summed E-state index contributed by atoms with van der Waals surface area (Å²) in [4.78, 5) is 0. The molecule has 0 aliphatic carbocycles. The van der Waals surface area contributed by atoms with Gasteiger partial charge in [-0.3, -0.25) is 0 Å². The standard InChI is InChI=1S/C9H13NO4.ClH/c10-6(3-4-11)5-1-2-7(12)9(14)8(5)13;/h1-2,6,11-14H,3-4,10H2;1H. The van der Waals surface area contributed by atoms with E-state index in [1.54, 1.807) is 0 Å². The van der Waals surface area contributed by atoms with Crippen LogP contribution in [0.15, 0.2) is 12.1 Å². The third-order valence-corrected chi connectivity index (χ3v) is 2.00. The highest BCUT2D eigenvalue weighted by atomic mass is 35.5. The molecule has 0 aliphatic heterocycles. The number of phenolic OH excluding ortho intramolecular Hbond substituents is 3. The Balaban J connectivity index is 0.00000196. The van der Waals surface area contributed by atoms with Gasteiger partial charge in [0.2, 0.25) is 5.75 Å². The summed E-state index contributed by atoms with van der Waals surface area (Å²) in [5.41, 5.74) is 5.91. The number of hydrogen-bond acceptors (Lipinski definition) is 5. The van der Waals surface area contributed by atoms with Crippen LogP contribution in [0.3, 0.4) is 0 Å². The third-order valence-electron chi connectivity index (χ3n) is 2.00. The average Bonchev–Trinajstić information content (AvgIpc) is 2.15. The monoisotopic (exact) mass is 235 g/mol. The Bertz CT molecular complexity index is 332. The molecule has 0 aromatic heterocycles. The van der Waals surface area contributed by atoms with E-state index in [4.69, 9.17) is 15.9 Å². The quantitative estimate of drug-likeness (QED) is 0.494. The molecule has 6 N–H and O–H groups in total. The van der Waals surface area contributed by atoms with Gasteiger partial charge in [-0.15, -0.1) is 12.4 Å². The molecule has 86 valence electrons. The van der Waals surface area contributed by atoms with Gasteiger partial charge in [0.1, 0.15) is 0 Å². The molecule has 1 atom stereocenters. The van der Waals surface area contributed by atoms with Crippen LogP contribution in [0.25, 0.3) is 0 Å². The van der Waals surface area contributed by atoms with Gasteiger partial charge in [0.15, 0.2) is 11.5 Å². The molecule has 1 unspecified atom stereocenters. The fraction of sp³-hybridized carbons (Fsp3) is 0.333. The molecule has 0 saturated heterocycles. The highest BCUT2D eigenvalue weighted by Gasteiger charge is 2.15. The van der Waals surface area contributed by atoms with Gasteiger partial charge in [-0.2, -0.15) is 0 Å². The number of benzene rings is 1. The first kappa shape index (κ1) is 13.8. The molecule has 0 spiro atoms. The van der Waals surface area contributed by atoms with Gasteiger partial charge < -0.3 is 26.2 Å². The fourth-order valence-electron chi connectivity index (χ4n) is 1.18. The summed E-state index contributed by atoms with van der Waals surface area (Å²) in [6, 6.07) is 2.08. The predicted molar refractivity (Wildman–Crippen MR) is 57.3 cm³/mol. The summed E-state index contributed by atoms with van der Waals surface area (Å²) in [6.45, 7) is -0.109. The van der Waals surface area contributed by atoms with Gasteiger partial charge in [-0.1, -0.05) is 0 Å². The van der Waals surface area contributed by atoms with Crippen LogP contribution >= 0.6 is 12.4 Å². The highest BCUT2D eigenvalue weighted by Crippen LogP contribution is 2.39. The number of nitrogens with two attached hydrogens (primary N) is 1. The van der Waals surface area contributed by atoms with Gasteiger partial charge in [0.25, 0.3) is 0 Å². The minimum atomic E-state index is -0.587. The van der Waals surface area contributed by atoms with Crippen molar-refractivity contribution in [2.75, 3.05) is 6.61 Å². The maximum atomic E-state index is 9.40. The Kier molecular flexibility index (Phi) is 5.21. The van der Waals surface area contributed by atoms with E-state index < -0.39 is 23.3 Å². The van der Waals surface area contributed by atoms with Crippen LogP contribution in [0, 0.1) is 0 Å². The van der Waals surface area contributed by atoms with Crippen LogP contribution in [0.2, 0.25) is 0 Å². The second-order valence-electron chi connectivity index (χ2n) is 2.99. The van der Waals surface area contributed by atoms with Crippen molar-refractivity contribution in [3.05, 3.63) is 17.7 Å². The Labute approximate surface area is 93.2 Å². The van der Waals surface area contributed by atoms with Gasteiger partial charge >= 0.3 is 0 Å². The van der Waals surface area contributed by atoms with Crippen molar-refractivity contribution in [1.82, 2.24) is 0 Å². The summed E-state index contributed by atoms with van der Waals surface area (Å²) in [5, 5.41) is 36.3. The number of rotatable bonds is 3. The first-order chi connectivity index (χ1) is 6.57. The number of aromatic hydroxyl groups is 3. The summed E-state index contributed by atoms with van der Waals surface area (Å²) < 4.78 is 0. The molecule has 1 aromatic rings. The van der Waals surface area contributed by atoms with Crippen molar-refractivity contribution in [3.63, 3.8) is 0 Å². The van der Waals surface area contributed by atoms with Crippen molar-refractivity contribution in [2.45, 2.75) is 12.5 Å². The molecule has 6 heteroatoms. The van der Waals surface area contributed by atoms with Crippen LogP contribution in [0.1, 0.15) is 18.0 Å². The number of aliphatic hydroxyl groups excluding tert-OH is 1. The van der Waals surface area contributed by atoms with Crippen LogP contribution in [0.5, 0.6) is 17.2 Å². The van der Waals surface area contributed by atoms with E-state index in [1.165, 1.54) is 12.1 Å².